The Kier molecular flexibility index (Phi) is 3.51. The van der Waals surface area contributed by atoms with Gasteiger partial charge in [-0.1, -0.05) is 41.9 Å². The Balaban J connectivity index is 1.85. The van der Waals surface area contributed by atoms with E-state index < -0.39 is 0 Å². The van der Waals surface area contributed by atoms with Crippen LogP contribution in [0.15, 0.2) is 36.0 Å². The number of hydrogen-bond acceptors (Lipinski definition) is 4. The maximum absolute atomic E-state index is 6.04. The maximum atomic E-state index is 6.04. The van der Waals surface area contributed by atoms with Crippen molar-refractivity contribution in [2.24, 2.45) is 0 Å². The molecule has 0 bridgehead atoms. The van der Waals surface area contributed by atoms with Gasteiger partial charge in [-0.05, 0) is 25.7 Å². The highest BCUT2D eigenvalue weighted by Crippen LogP contribution is 2.25. The molecule has 0 spiro atoms. The van der Waals surface area contributed by atoms with Crippen molar-refractivity contribution in [3.8, 4) is 0 Å². The smallest absolute Gasteiger partial charge is 0.175 e. The van der Waals surface area contributed by atoms with Crippen LogP contribution in [0, 0.1) is 0 Å². The van der Waals surface area contributed by atoms with Gasteiger partial charge in [0.25, 0.3) is 0 Å². The molecule has 1 aromatic carbocycles. The van der Waals surface area contributed by atoms with Gasteiger partial charge in [-0.15, -0.1) is 10.2 Å². The van der Waals surface area contributed by atoms with Crippen LogP contribution in [-0.2, 0) is 0 Å². The Labute approximate surface area is 116 Å². The summed E-state index contributed by atoms with van der Waals surface area (Å²) in [6, 6.07) is 7.83. The molecule has 0 fully saturated rings. The van der Waals surface area contributed by atoms with Crippen molar-refractivity contribution in [3.63, 3.8) is 0 Å². The molecule has 98 valence electrons. The summed E-state index contributed by atoms with van der Waals surface area (Å²) in [5.74, 6) is 0.700. The fraction of sp³-hybridized carbons (Fsp3) is 0.286. The molecular formula is C14H15ClN4. The fourth-order valence-corrected chi connectivity index (χ4v) is 2.46. The summed E-state index contributed by atoms with van der Waals surface area (Å²) in [4.78, 5) is 0. The van der Waals surface area contributed by atoms with Crippen molar-refractivity contribution in [1.29, 1.82) is 0 Å². The second-order valence-electron chi connectivity index (χ2n) is 4.61. The molecule has 0 unspecified atom stereocenters. The maximum Gasteiger partial charge on any atom is 0.175 e. The first-order chi connectivity index (χ1) is 9.34. The van der Waals surface area contributed by atoms with E-state index in [1.54, 1.807) is 0 Å². The molecule has 1 heterocycles. The van der Waals surface area contributed by atoms with Gasteiger partial charge < -0.3 is 5.43 Å². The number of nitrogens with zero attached hydrogens (tertiary/aromatic N) is 2. The quantitative estimate of drug-likeness (QED) is 0.839. The second kappa shape index (κ2) is 5.45. The molecular weight excluding hydrogens is 260 g/mol. The molecule has 2 N–H and O–H groups in total. The average Bonchev–Trinajstić information content (AvgIpc) is 2.48. The number of hydrazine groups is 1. The van der Waals surface area contributed by atoms with Gasteiger partial charge in [0.15, 0.2) is 11.0 Å². The van der Waals surface area contributed by atoms with E-state index in [0.717, 1.165) is 23.6 Å². The molecule has 19 heavy (non-hydrogen) atoms. The van der Waals surface area contributed by atoms with E-state index in [-0.39, 0.29) is 0 Å². The van der Waals surface area contributed by atoms with Crippen LogP contribution in [0.5, 0.6) is 0 Å². The zero-order chi connectivity index (χ0) is 13.1. The lowest BCUT2D eigenvalue weighted by Crippen LogP contribution is -2.23. The Morgan fingerprint density at radius 2 is 1.84 bits per heavy atom. The minimum atomic E-state index is 0.429. The molecule has 0 atom stereocenters. The molecule has 1 aliphatic rings. The lowest BCUT2D eigenvalue weighted by atomic mass is 10.1. The molecule has 0 saturated heterocycles. The van der Waals surface area contributed by atoms with Crippen molar-refractivity contribution in [2.45, 2.75) is 25.7 Å². The van der Waals surface area contributed by atoms with Crippen molar-refractivity contribution >= 4 is 28.2 Å². The van der Waals surface area contributed by atoms with Crippen molar-refractivity contribution in [2.75, 3.05) is 5.43 Å². The summed E-state index contributed by atoms with van der Waals surface area (Å²) in [6.45, 7) is 0. The first-order valence-corrected chi connectivity index (χ1v) is 6.84. The van der Waals surface area contributed by atoms with Crippen LogP contribution in [-0.4, -0.2) is 10.2 Å². The number of allylic oxidation sites excluding steroid dienone is 2. The molecule has 2 aromatic rings. The topological polar surface area (TPSA) is 49.8 Å². The number of anilines is 1. The van der Waals surface area contributed by atoms with Gasteiger partial charge in [0.1, 0.15) is 0 Å². The predicted octanol–water partition coefficient (Wildman–Crippen LogP) is 3.66. The minimum Gasteiger partial charge on any atom is -0.304 e. The zero-order valence-corrected chi connectivity index (χ0v) is 11.2. The number of fused-ring (bicyclic) bond motifs is 1. The summed E-state index contributed by atoms with van der Waals surface area (Å²) in [5, 5.41) is 10.4. The average molecular weight is 275 g/mol. The standard InChI is InChI=1S/C14H15ClN4/c15-13-11-8-4-5-9-12(11)14(19-17-13)18-16-10-6-2-1-3-7-10/h4-6,8-9,16H,1-3,7H2,(H,18,19). The number of rotatable bonds is 3. The summed E-state index contributed by atoms with van der Waals surface area (Å²) in [6.07, 6.45) is 6.94. The van der Waals surface area contributed by atoms with Crippen LogP contribution in [0.25, 0.3) is 10.8 Å². The normalized spacial score (nSPS) is 15.1. The van der Waals surface area contributed by atoms with Crippen LogP contribution in [0.3, 0.4) is 0 Å². The van der Waals surface area contributed by atoms with Gasteiger partial charge >= 0.3 is 0 Å². The third kappa shape index (κ3) is 2.63. The first-order valence-electron chi connectivity index (χ1n) is 6.46. The minimum absolute atomic E-state index is 0.429. The molecule has 0 amide bonds. The van der Waals surface area contributed by atoms with Gasteiger partial charge in [0.05, 0.1) is 0 Å². The highest BCUT2D eigenvalue weighted by atomic mass is 35.5. The van der Waals surface area contributed by atoms with Gasteiger partial charge in [-0.3, -0.25) is 5.43 Å². The van der Waals surface area contributed by atoms with E-state index in [2.05, 4.69) is 27.1 Å². The van der Waals surface area contributed by atoms with E-state index in [1.807, 2.05) is 24.3 Å². The lowest BCUT2D eigenvalue weighted by Gasteiger charge is -2.16. The largest absolute Gasteiger partial charge is 0.304 e. The molecule has 0 aliphatic heterocycles. The van der Waals surface area contributed by atoms with E-state index in [1.165, 1.54) is 18.5 Å². The molecule has 4 nitrogen and oxygen atoms in total. The summed E-state index contributed by atoms with van der Waals surface area (Å²) < 4.78 is 0. The number of benzene rings is 1. The van der Waals surface area contributed by atoms with Crippen LogP contribution >= 0.6 is 11.6 Å². The van der Waals surface area contributed by atoms with Gasteiger partial charge in [-0.2, -0.15) is 0 Å². The van der Waals surface area contributed by atoms with Crippen LogP contribution in [0.1, 0.15) is 25.7 Å². The second-order valence-corrected chi connectivity index (χ2v) is 4.97. The van der Waals surface area contributed by atoms with Crippen molar-refractivity contribution < 1.29 is 0 Å². The van der Waals surface area contributed by atoms with Gasteiger partial charge in [0.2, 0.25) is 0 Å². The third-order valence-corrected chi connectivity index (χ3v) is 3.55. The third-order valence-electron chi connectivity index (χ3n) is 3.27. The SMILES string of the molecule is Clc1nnc(NNC2=CCCCC2)c2ccccc12. The van der Waals surface area contributed by atoms with Crippen LogP contribution < -0.4 is 10.9 Å². The highest BCUT2D eigenvalue weighted by molar-refractivity contribution is 6.34. The van der Waals surface area contributed by atoms with E-state index in [9.17, 15) is 0 Å². The number of nitrogens with one attached hydrogen (secondary N) is 2. The Morgan fingerprint density at radius 3 is 2.63 bits per heavy atom. The lowest BCUT2D eigenvalue weighted by molar-refractivity contribution is 0.663. The Bertz CT molecular complexity index is 624. The molecule has 1 aromatic heterocycles. The van der Waals surface area contributed by atoms with E-state index in [4.69, 9.17) is 11.6 Å². The Hall–Kier alpha value is -1.81. The molecule has 0 radical (unpaired) electrons. The predicted molar refractivity (Wildman–Crippen MR) is 77.9 cm³/mol. The zero-order valence-electron chi connectivity index (χ0n) is 10.5. The number of halogens is 1. The summed E-state index contributed by atoms with van der Waals surface area (Å²) in [7, 11) is 0. The number of aromatic nitrogens is 2. The first kappa shape index (κ1) is 12.2. The van der Waals surface area contributed by atoms with Gasteiger partial charge in [-0.25, -0.2) is 0 Å². The fourth-order valence-electron chi connectivity index (χ4n) is 2.25. The van der Waals surface area contributed by atoms with E-state index >= 15 is 0 Å². The van der Waals surface area contributed by atoms with Gasteiger partial charge in [0, 0.05) is 16.5 Å². The van der Waals surface area contributed by atoms with Crippen LogP contribution in [0.2, 0.25) is 5.15 Å². The molecule has 1 aliphatic carbocycles. The molecule has 3 rings (SSSR count). The number of hydrogen-bond donors (Lipinski definition) is 2. The monoisotopic (exact) mass is 274 g/mol. The van der Waals surface area contributed by atoms with Crippen molar-refractivity contribution in [3.05, 3.63) is 41.2 Å². The molecule has 5 heteroatoms. The van der Waals surface area contributed by atoms with Crippen LogP contribution in [0.4, 0.5) is 5.82 Å². The summed E-state index contributed by atoms with van der Waals surface area (Å²) >= 11 is 6.04. The van der Waals surface area contributed by atoms with Crippen molar-refractivity contribution in [1.82, 2.24) is 15.6 Å². The molecule has 0 saturated carbocycles. The summed E-state index contributed by atoms with van der Waals surface area (Å²) in [5.41, 5.74) is 7.56. The highest BCUT2D eigenvalue weighted by Gasteiger charge is 2.08. The Morgan fingerprint density at radius 1 is 1.00 bits per heavy atom. The van der Waals surface area contributed by atoms with E-state index in [0.29, 0.717) is 11.0 Å².